The van der Waals surface area contributed by atoms with Gasteiger partial charge in [0.05, 0.1) is 40.7 Å². The molecule has 4 aromatic rings. The molecule has 0 radical (unpaired) electrons. The third kappa shape index (κ3) is 3.00. The average molecular weight is 469 g/mol. The first-order valence-electron chi connectivity index (χ1n) is 11.6. The highest BCUT2D eigenvalue weighted by Crippen LogP contribution is 2.65. The molecule has 0 amide bonds. The summed E-state index contributed by atoms with van der Waals surface area (Å²) in [6, 6.07) is 19.7. The number of hydrogen-bond donors (Lipinski definition) is 3. The van der Waals surface area contributed by atoms with Gasteiger partial charge in [-0.2, -0.15) is 5.26 Å². The quantitative estimate of drug-likeness (QED) is 0.366. The number of fused-ring (bicyclic) bond motifs is 6. The number of nitrogens with zero attached hydrogens (tertiary/aromatic N) is 2. The van der Waals surface area contributed by atoms with Crippen LogP contribution in [-0.4, -0.2) is 26.5 Å². The van der Waals surface area contributed by atoms with E-state index in [4.69, 9.17) is 9.47 Å². The van der Waals surface area contributed by atoms with E-state index in [9.17, 15) is 20.6 Å². The smallest absolute Gasteiger partial charge is 0.205 e. The lowest BCUT2D eigenvalue weighted by atomic mass is 9.78. The molecule has 1 aromatic heterocycles. The van der Waals surface area contributed by atoms with Crippen molar-refractivity contribution in [3.63, 3.8) is 0 Å². The standard InChI is InChI=1S/C28H24N2O5/c1-27-11-12-28(35-27,13-14-34-19-6-4-5-18(31)15-19)24-23(27)25(32)30(26(24)33)22-10-9-17(16-29)20-7-2-3-8-21(20)22/h2-10,15,31-33H,11-14H2,1H3/t27-,28-/m0/s1. The van der Waals surface area contributed by atoms with Crippen LogP contribution in [-0.2, 0) is 15.9 Å². The molecule has 1 saturated heterocycles. The van der Waals surface area contributed by atoms with Crippen LogP contribution in [0.25, 0.3) is 16.5 Å². The van der Waals surface area contributed by atoms with Crippen LogP contribution in [0.5, 0.6) is 23.3 Å². The molecule has 2 bridgehead atoms. The topological polar surface area (TPSA) is 108 Å². The van der Waals surface area contributed by atoms with E-state index in [1.54, 1.807) is 36.4 Å². The molecule has 1 fully saturated rings. The summed E-state index contributed by atoms with van der Waals surface area (Å²) in [7, 11) is 0. The summed E-state index contributed by atoms with van der Waals surface area (Å²) in [6.45, 7) is 2.25. The van der Waals surface area contributed by atoms with Gasteiger partial charge in [-0.15, -0.1) is 0 Å². The zero-order valence-corrected chi connectivity index (χ0v) is 19.2. The minimum atomic E-state index is -0.796. The summed E-state index contributed by atoms with van der Waals surface area (Å²) in [6.07, 6.45) is 1.86. The molecule has 0 unspecified atom stereocenters. The van der Waals surface area contributed by atoms with Crippen LogP contribution >= 0.6 is 0 Å². The van der Waals surface area contributed by atoms with Crippen LogP contribution in [0.4, 0.5) is 0 Å². The molecule has 0 aliphatic carbocycles. The number of hydrogen-bond acceptors (Lipinski definition) is 6. The number of ether oxygens (including phenoxy) is 2. The molecular formula is C28H24N2O5. The Hall–Kier alpha value is -4.15. The Morgan fingerprint density at radius 2 is 1.74 bits per heavy atom. The molecule has 0 spiro atoms. The third-order valence-corrected chi connectivity index (χ3v) is 7.39. The van der Waals surface area contributed by atoms with E-state index in [2.05, 4.69) is 6.07 Å². The fourth-order valence-electron chi connectivity index (χ4n) is 5.82. The summed E-state index contributed by atoms with van der Waals surface area (Å²) in [4.78, 5) is 0. The van der Waals surface area contributed by atoms with Gasteiger partial charge in [0.2, 0.25) is 11.8 Å². The minimum Gasteiger partial charge on any atom is -0.508 e. The number of phenols is 1. The molecular weight excluding hydrogens is 444 g/mol. The molecule has 7 nitrogen and oxygen atoms in total. The Kier molecular flexibility index (Phi) is 4.54. The molecule has 2 aliphatic rings. The zero-order valence-electron chi connectivity index (χ0n) is 19.2. The first kappa shape index (κ1) is 21.4. The first-order valence-corrected chi connectivity index (χ1v) is 11.6. The van der Waals surface area contributed by atoms with Gasteiger partial charge in [0, 0.05) is 23.3 Å². The maximum Gasteiger partial charge on any atom is 0.205 e. The minimum absolute atomic E-state index is 0.0506. The van der Waals surface area contributed by atoms with Crippen LogP contribution in [0, 0.1) is 11.3 Å². The second-order valence-electron chi connectivity index (χ2n) is 9.45. The largest absolute Gasteiger partial charge is 0.508 e. The van der Waals surface area contributed by atoms with Crippen LogP contribution < -0.4 is 4.74 Å². The van der Waals surface area contributed by atoms with Gasteiger partial charge >= 0.3 is 0 Å². The molecule has 6 rings (SSSR count). The van der Waals surface area contributed by atoms with Gasteiger partial charge < -0.3 is 24.8 Å². The lowest BCUT2D eigenvalue weighted by Gasteiger charge is -2.26. The number of aromatic hydroxyl groups is 3. The van der Waals surface area contributed by atoms with E-state index in [1.165, 1.54) is 4.57 Å². The molecule has 0 saturated carbocycles. The first-order chi connectivity index (χ1) is 16.9. The van der Waals surface area contributed by atoms with Crippen LogP contribution in [0.2, 0.25) is 0 Å². The van der Waals surface area contributed by atoms with Crippen molar-refractivity contribution in [2.24, 2.45) is 0 Å². The van der Waals surface area contributed by atoms with E-state index in [-0.39, 0.29) is 17.5 Å². The summed E-state index contributed by atoms with van der Waals surface area (Å²) in [5, 5.41) is 43.6. The van der Waals surface area contributed by atoms with Crippen molar-refractivity contribution in [1.82, 2.24) is 4.57 Å². The van der Waals surface area contributed by atoms with Crippen molar-refractivity contribution in [3.8, 4) is 35.0 Å². The van der Waals surface area contributed by atoms with Crippen molar-refractivity contribution >= 4 is 10.8 Å². The number of phenolic OH excluding ortho intramolecular Hbond substituents is 1. The number of benzene rings is 3. The Morgan fingerprint density at radius 1 is 0.971 bits per heavy atom. The predicted molar refractivity (Wildman–Crippen MR) is 129 cm³/mol. The molecule has 2 aliphatic heterocycles. The monoisotopic (exact) mass is 468 g/mol. The van der Waals surface area contributed by atoms with Crippen LogP contribution in [0.15, 0.2) is 60.7 Å². The fourth-order valence-corrected chi connectivity index (χ4v) is 5.82. The molecule has 3 aromatic carbocycles. The van der Waals surface area contributed by atoms with E-state index in [0.29, 0.717) is 54.0 Å². The van der Waals surface area contributed by atoms with Crippen molar-refractivity contribution in [2.75, 3.05) is 6.61 Å². The molecule has 7 heteroatoms. The summed E-state index contributed by atoms with van der Waals surface area (Å²) >= 11 is 0. The second-order valence-corrected chi connectivity index (χ2v) is 9.45. The predicted octanol–water partition coefficient (Wildman–Crippen LogP) is 5.32. The van der Waals surface area contributed by atoms with Gasteiger partial charge in [0.1, 0.15) is 17.1 Å². The number of nitriles is 1. The highest BCUT2D eigenvalue weighted by molar-refractivity contribution is 5.95. The number of aromatic nitrogens is 1. The Balaban J connectivity index is 1.44. The summed E-state index contributed by atoms with van der Waals surface area (Å²) in [5.41, 5.74) is 0.798. The average Bonchev–Trinajstić information content (AvgIpc) is 3.43. The molecule has 176 valence electrons. The lowest BCUT2D eigenvalue weighted by Crippen LogP contribution is -2.25. The Bertz CT molecular complexity index is 1530. The highest BCUT2D eigenvalue weighted by atomic mass is 16.5. The fraction of sp³-hybridized carbons (Fsp3) is 0.250. The number of rotatable bonds is 5. The second kappa shape index (κ2) is 7.42. The maximum atomic E-state index is 11.5. The van der Waals surface area contributed by atoms with Gasteiger partial charge in [-0.1, -0.05) is 30.3 Å². The van der Waals surface area contributed by atoms with E-state index in [1.807, 2.05) is 31.2 Å². The Morgan fingerprint density at radius 3 is 2.51 bits per heavy atom. The van der Waals surface area contributed by atoms with Crippen molar-refractivity contribution in [2.45, 2.75) is 37.4 Å². The summed E-state index contributed by atoms with van der Waals surface area (Å²) < 4.78 is 13.8. The van der Waals surface area contributed by atoms with E-state index < -0.39 is 11.2 Å². The summed E-state index contributed by atoms with van der Waals surface area (Å²) in [5.74, 6) is 0.565. The molecule has 3 N–H and O–H groups in total. The van der Waals surface area contributed by atoms with E-state index >= 15 is 0 Å². The third-order valence-electron chi connectivity index (χ3n) is 7.39. The van der Waals surface area contributed by atoms with Crippen LogP contribution in [0.1, 0.15) is 42.9 Å². The van der Waals surface area contributed by atoms with Gasteiger partial charge in [0.15, 0.2) is 0 Å². The maximum absolute atomic E-state index is 11.5. The molecule has 2 atom stereocenters. The lowest BCUT2D eigenvalue weighted by molar-refractivity contribution is -0.0876. The van der Waals surface area contributed by atoms with Crippen molar-refractivity contribution in [1.29, 1.82) is 5.26 Å². The van der Waals surface area contributed by atoms with Gasteiger partial charge in [-0.3, -0.25) is 4.57 Å². The zero-order chi connectivity index (χ0) is 24.4. The molecule has 35 heavy (non-hydrogen) atoms. The van der Waals surface area contributed by atoms with Gasteiger partial charge in [0.25, 0.3) is 0 Å². The normalized spacial score (nSPS) is 22.3. The van der Waals surface area contributed by atoms with Crippen molar-refractivity contribution in [3.05, 3.63) is 77.4 Å². The highest BCUT2D eigenvalue weighted by Gasteiger charge is 2.61. The van der Waals surface area contributed by atoms with Gasteiger partial charge in [-0.25, -0.2) is 0 Å². The molecule has 3 heterocycles. The van der Waals surface area contributed by atoms with E-state index in [0.717, 1.165) is 10.8 Å². The van der Waals surface area contributed by atoms with Crippen LogP contribution in [0.3, 0.4) is 0 Å². The Labute approximate surface area is 202 Å². The van der Waals surface area contributed by atoms with Gasteiger partial charge in [-0.05, 0) is 44.0 Å². The van der Waals surface area contributed by atoms with Crippen molar-refractivity contribution < 1.29 is 24.8 Å². The SMILES string of the molecule is C[C@@]12CC[C@@](CCOc3cccc(O)c3)(O1)c1c2c(O)n(-c2ccc(C#N)c3ccccc23)c1O.